The Morgan fingerprint density at radius 1 is 1.28 bits per heavy atom. The lowest BCUT2D eigenvalue weighted by atomic mass is 9.92. The second kappa shape index (κ2) is 5.09. The highest BCUT2D eigenvalue weighted by Crippen LogP contribution is 2.19. The summed E-state index contributed by atoms with van der Waals surface area (Å²) in [4.78, 5) is 0.176. The average Bonchev–Trinajstić information content (AvgIpc) is 2.28. The maximum Gasteiger partial charge on any atom is 0.241 e. The van der Waals surface area contributed by atoms with E-state index >= 15 is 0 Å². The van der Waals surface area contributed by atoms with E-state index in [4.69, 9.17) is 5.26 Å². The second-order valence-corrected chi connectivity index (χ2v) is 6.57. The minimum absolute atomic E-state index is 0.122. The molecule has 1 atom stereocenters. The lowest BCUT2D eigenvalue weighted by Crippen LogP contribution is -2.48. The molecule has 0 aliphatic carbocycles. The Morgan fingerprint density at radius 3 is 2.17 bits per heavy atom. The maximum absolute atomic E-state index is 12.2. The fourth-order valence-electron chi connectivity index (χ4n) is 1.33. The predicted molar refractivity (Wildman–Crippen MR) is 70.4 cm³/mol. The number of nitrogens with one attached hydrogen (secondary N) is 1. The van der Waals surface area contributed by atoms with E-state index in [2.05, 4.69) is 4.72 Å². The molecule has 0 amide bonds. The van der Waals surface area contributed by atoms with Gasteiger partial charge in [-0.15, -0.1) is 0 Å². The van der Waals surface area contributed by atoms with Crippen molar-refractivity contribution in [2.45, 2.75) is 38.1 Å². The number of rotatable bonds is 4. The van der Waals surface area contributed by atoms with Crippen LogP contribution in [0.3, 0.4) is 0 Å². The first-order chi connectivity index (χ1) is 8.21. The first-order valence-corrected chi connectivity index (χ1v) is 7.21. The highest BCUT2D eigenvalue weighted by atomic mass is 32.2. The van der Waals surface area contributed by atoms with Crippen LogP contribution >= 0.6 is 0 Å². The monoisotopic (exact) mass is 266 g/mol. The molecule has 0 spiro atoms. The second-order valence-electron chi connectivity index (χ2n) is 4.89. The van der Waals surface area contributed by atoms with Gasteiger partial charge >= 0.3 is 0 Å². The summed E-state index contributed by atoms with van der Waals surface area (Å²) >= 11 is 0. The van der Waals surface area contributed by atoms with Crippen molar-refractivity contribution in [1.82, 2.24) is 4.72 Å². The van der Waals surface area contributed by atoms with E-state index in [1.165, 1.54) is 12.1 Å². The van der Waals surface area contributed by atoms with E-state index < -0.39 is 15.6 Å². The fourth-order valence-corrected chi connectivity index (χ4v) is 2.78. The Hall–Kier alpha value is -1.38. The van der Waals surface area contributed by atoms with Gasteiger partial charge in [-0.05, 0) is 31.9 Å². The largest absolute Gasteiger partial charge is 0.241 e. The Morgan fingerprint density at radius 2 is 1.78 bits per heavy atom. The van der Waals surface area contributed by atoms with Crippen molar-refractivity contribution in [3.63, 3.8) is 0 Å². The Balaban J connectivity index is 3.10. The van der Waals surface area contributed by atoms with E-state index in [0.717, 1.165) is 5.56 Å². The SMILES string of the molecule is Cc1ccc(S(=O)(=O)N[C@@](C)(C#N)C(C)C)cc1. The van der Waals surface area contributed by atoms with Crippen LogP contribution in [0.4, 0.5) is 0 Å². The highest BCUT2D eigenvalue weighted by molar-refractivity contribution is 7.89. The molecule has 0 heterocycles. The molecule has 0 radical (unpaired) electrons. The van der Waals surface area contributed by atoms with Gasteiger partial charge < -0.3 is 0 Å². The molecule has 0 unspecified atom stereocenters. The number of aryl methyl sites for hydroxylation is 1. The summed E-state index contributed by atoms with van der Waals surface area (Å²) in [5, 5.41) is 9.13. The molecule has 0 saturated carbocycles. The molecule has 1 aromatic carbocycles. The summed E-state index contributed by atoms with van der Waals surface area (Å²) in [5.41, 5.74) is -0.121. The zero-order valence-corrected chi connectivity index (χ0v) is 11.9. The topological polar surface area (TPSA) is 70.0 Å². The molecule has 0 fully saturated rings. The highest BCUT2D eigenvalue weighted by Gasteiger charge is 2.33. The lowest BCUT2D eigenvalue weighted by Gasteiger charge is -2.26. The Labute approximate surface area is 109 Å². The quantitative estimate of drug-likeness (QED) is 0.908. The van der Waals surface area contributed by atoms with Crippen molar-refractivity contribution in [3.8, 4) is 6.07 Å². The van der Waals surface area contributed by atoms with Crippen LogP contribution in [0.2, 0.25) is 0 Å². The molecule has 18 heavy (non-hydrogen) atoms. The molecule has 5 heteroatoms. The Kier molecular flexibility index (Phi) is 4.15. The van der Waals surface area contributed by atoms with Crippen molar-refractivity contribution in [1.29, 1.82) is 5.26 Å². The van der Waals surface area contributed by atoms with Gasteiger partial charge in [0.05, 0.1) is 11.0 Å². The number of hydrogen-bond acceptors (Lipinski definition) is 3. The van der Waals surface area contributed by atoms with Gasteiger partial charge in [0.2, 0.25) is 10.0 Å². The molecular weight excluding hydrogens is 248 g/mol. The van der Waals surface area contributed by atoms with Crippen molar-refractivity contribution in [2.24, 2.45) is 5.92 Å². The van der Waals surface area contributed by atoms with Crippen molar-refractivity contribution in [2.75, 3.05) is 0 Å². The lowest BCUT2D eigenvalue weighted by molar-refractivity contribution is 0.389. The third kappa shape index (κ3) is 3.09. The van der Waals surface area contributed by atoms with Crippen LogP contribution in [0, 0.1) is 24.2 Å². The van der Waals surface area contributed by atoms with Crippen molar-refractivity contribution >= 4 is 10.0 Å². The average molecular weight is 266 g/mol. The van der Waals surface area contributed by atoms with Crippen molar-refractivity contribution < 1.29 is 8.42 Å². The van der Waals surface area contributed by atoms with Crippen LogP contribution in [-0.2, 0) is 10.0 Å². The molecule has 0 aliphatic rings. The third-order valence-electron chi connectivity index (χ3n) is 3.06. The third-order valence-corrected chi connectivity index (χ3v) is 4.65. The molecular formula is C13H18N2O2S. The number of sulfonamides is 1. The molecule has 0 saturated heterocycles. The molecule has 4 nitrogen and oxygen atoms in total. The minimum Gasteiger partial charge on any atom is -0.207 e. The number of nitriles is 1. The zero-order chi connectivity index (χ0) is 14.0. The molecule has 0 aromatic heterocycles. The molecule has 1 rings (SSSR count). The summed E-state index contributed by atoms with van der Waals surface area (Å²) in [5.74, 6) is -0.122. The minimum atomic E-state index is -3.66. The van der Waals surface area contributed by atoms with E-state index in [9.17, 15) is 8.42 Å². The van der Waals surface area contributed by atoms with E-state index in [1.807, 2.05) is 13.0 Å². The van der Waals surface area contributed by atoms with Crippen LogP contribution in [-0.4, -0.2) is 14.0 Å². The van der Waals surface area contributed by atoms with Gasteiger partial charge in [0, 0.05) is 0 Å². The molecule has 98 valence electrons. The van der Waals surface area contributed by atoms with Gasteiger partial charge in [-0.2, -0.15) is 9.98 Å². The van der Waals surface area contributed by atoms with E-state index in [-0.39, 0.29) is 10.8 Å². The van der Waals surface area contributed by atoms with Crippen LogP contribution in [0.25, 0.3) is 0 Å². The summed E-state index contributed by atoms with van der Waals surface area (Å²) in [7, 11) is -3.66. The van der Waals surface area contributed by atoms with Gasteiger partial charge in [-0.3, -0.25) is 0 Å². The van der Waals surface area contributed by atoms with Gasteiger partial charge in [0.1, 0.15) is 5.54 Å². The summed E-state index contributed by atoms with van der Waals surface area (Å²) in [6.07, 6.45) is 0. The summed E-state index contributed by atoms with van der Waals surface area (Å²) in [6.45, 7) is 7.09. The summed E-state index contributed by atoms with van der Waals surface area (Å²) < 4.78 is 26.8. The molecule has 0 aliphatic heterocycles. The standard InChI is InChI=1S/C13H18N2O2S/c1-10(2)13(4,9-14)15-18(16,17)12-7-5-11(3)6-8-12/h5-8,10,15H,1-4H3/t13-/m0/s1. The van der Waals surface area contributed by atoms with Crippen LogP contribution in [0.15, 0.2) is 29.2 Å². The van der Waals surface area contributed by atoms with Crippen molar-refractivity contribution in [3.05, 3.63) is 29.8 Å². The van der Waals surface area contributed by atoms with Crippen LogP contribution in [0.1, 0.15) is 26.3 Å². The van der Waals surface area contributed by atoms with Gasteiger partial charge in [-0.1, -0.05) is 31.5 Å². The van der Waals surface area contributed by atoms with Crippen LogP contribution < -0.4 is 4.72 Å². The first-order valence-electron chi connectivity index (χ1n) is 5.73. The van der Waals surface area contributed by atoms with Gasteiger partial charge in [0.15, 0.2) is 0 Å². The van der Waals surface area contributed by atoms with Gasteiger partial charge in [-0.25, -0.2) is 8.42 Å². The number of benzene rings is 1. The normalized spacial score (nSPS) is 15.1. The van der Waals surface area contributed by atoms with E-state index in [1.54, 1.807) is 32.9 Å². The maximum atomic E-state index is 12.2. The zero-order valence-electron chi connectivity index (χ0n) is 11.1. The van der Waals surface area contributed by atoms with Crippen LogP contribution in [0.5, 0.6) is 0 Å². The number of hydrogen-bond donors (Lipinski definition) is 1. The van der Waals surface area contributed by atoms with E-state index in [0.29, 0.717) is 0 Å². The summed E-state index contributed by atoms with van der Waals surface area (Å²) in [6, 6.07) is 8.56. The smallest absolute Gasteiger partial charge is 0.207 e. The Bertz CT molecular complexity index is 556. The molecule has 1 N–H and O–H groups in total. The number of nitrogens with zero attached hydrogens (tertiary/aromatic N) is 1. The fraction of sp³-hybridized carbons (Fsp3) is 0.462. The molecule has 0 bridgehead atoms. The first kappa shape index (κ1) is 14.7. The molecule has 1 aromatic rings. The van der Waals surface area contributed by atoms with Gasteiger partial charge in [0.25, 0.3) is 0 Å². The predicted octanol–water partition coefficient (Wildman–Crippen LogP) is 2.21.